The number of imidazole rings is 1. The molecule has 0 atom stereocenters. The number of urea groups is 1. The Bertz CT molecular complexity index is 868. The molecule has 0 aliphatic carbocycles. The third-order valence-electron chi connectivity index (χ3n) is 3.62. The van der Waals surface area contributed by atoms with Crippen molar-refractivity contribution in [2.45, 2.75) is 26.4 Å². The Morgan fingerprint density at radius 3 is 2.96 bits per heavy atom. The first-order valence-electron chi connectivity index (χ1n) is 7.64. The van der Waals surface area contributed by atoms with Gasteiger partial charge >= 0.3 is 6.03 Å². The number of fused-ring (bicyclic) bond motifs is 1. The molecular formula is C16H19ClN6O. The number of hydrogen-bond donors (Lipinski definition) is 2. The second-order valence-electron chi connectivity index (χ2n) is 5.89. The summed E-state index contributed by atoms with van der Waals surface area (Å²) in [6.07, 6.45) is 1.67. The van der Waals surface area contributed by atoms with E-state index in [0.29, 0.717) is 23.2 Å². The van der Waals surface area contributed by atoms with Crippen LogP contribution in [-0.4, -0.2) is 37.7 Å². The van der Waals surface area contributed by atoms with Crippen LogP contribution < -0.4 is 5.32 Å². The number of amides is 2. The van der Waals surface area contributed by atoms with Crippen LogP contribution in [0.1, 0.15) is 25.7 Å². The van der Waals surface area contributed by atoms with Crippen LogP contribution in [0.3, 0.4) is 0 Å². The van der Waals surface area contributed by atoms with Gasteiger partial charge in [-0.1, -0.05) is 11.6 Å². The summed E-state index contributed by atoms with van der Waals surface area (Å²) in [5, 5.41) is 7.71. The van der Waals surface area contributed by atoms with Gasteiger partial charge in [-0.3, -0.25) is 5.32 Å². The van der Waals surface area contributed by atoms with Gasteiger partial charge in [-0.2, -0.15) is 5.10 Å². The number of H-pyrrole nitrogens is 1. The van der Waals surface area contributed by atoms with Gasteiger partial charge in [0, 0.05) is 24.2 Å². The molecule has 7 nitrogen and oxygen atoms in total. The predicted octanol–water partition coefficient (Wildman–Crippen LogP) is 3.66. The molecule has 126 valence electrons. The predicted molar refractivity (Wildman–Crippen MR) is 94.2 cm³/mol. The van der Waals surface area contributed by atoms with Crippen molar-refractivity contribution in [1.29, 1.82) is 0 Å². The summed E-state index contributed by atoms with van der Waals surface area (Å²) in [5.41, 5.74) is 1.67. The van der Waals surface area contributed by atoms with Gasteiger partial charge in [-0.15, -0.1) is 0 Å². The third kappa shape index (κ3) is 3.35. The van der Waals surface area contributed by atoms with E-state index in [-0.39, 0.29) is 12.1 Å². The molecule has 24 heavy (non-hydrogen) atoms. The number of halogens is 1. The molecule has 3 rings (SSSR count). The van der Waals surface area contributed by atoms with E-state index >= 15 is 0 Å². The van der Waals surface area contributed by atoms with Crippen molar-refractivity contribution < 1.29 is 4.79 Å². The number of nitrogens with zero attached hydrogens (tertiary/aromatic N) is 4. The molecule has 8 heteroatoms. The zero-order chi connectivity index (χ0) is 17.3. The highest BCUT2D eigenvalue weighted by atomic mass is 35.5. The first-order valence-corrected chi connectivity index (χ1v) is 8.01. The average molecular weight is 347 g/mol. The van der Waals surface area contributed by atoms with Crippen LogP contribution in [0.4, 0.5) is 10.6 Å². The molecule has 0 unspecified atom stereocenters. The van der Waals surface area contributed by atoms with Crippen LogP contribution in [0.15, 0.2) is 30.5 Å². The van der Waals surface area contributed by atoms with Gasteiger partial charge in [0.25, 0.3) is 0 Å². The van der Waals surface area contributed by atoms with Crippen molar-refractivity contribution in [3.8, 4) is 0 Å². The molecule has 3 aromatic rings. The zero-order valence-corrected chi connectivity index (χ0v) is 14.5. The van der Waals surface area contributed by atoms with Crippen LogP contribution in [0.25, 0.3) is 11.0 Å². The molecule has 0 aliphatic heterocycles. The molecule has 1 aromatic carbocycles. The number of nitrogens with one attached hydrogen (secondary N) is 2. The largest absolute Gasteiger partial charge is 0.340 e. The molecule has 2 N–H and O–H groups in total. The minimum absolute atomic E-state index is 0.167. The molecule has 0 fully saturated rings. The van der Waals surface area contributed by atoms with E-state index in [4.69, 9.17) is 11.6 Å². The highest BCUT2D eigenvalue weighted by Gasteiger charge is 2.15. The minimum atomic E-state index is -0.226. The Morgan fingerprint density at radius 1 is 1.42 bits per heavy atom. The summed E-state index contributed by atoms with van der Waals surface area (Å²) in [5.74, 6) is 1.36. The fourth-order valence-electron chi connectivity index (χ4n) is 2.44. The van der Waals surface area contributed by atoms with Crippen LogP contribution in [0, 0.1) is 0 Å². The molecule has 0 spiro atoms. The van der Waals surface area contributed by atoms with E-state index in [9.17, 15) is 4.79 Å². The van der Waals surface area contributed by atoms with Crippen LogP contribution >= 0.6 is 11.6 Å². The van der Waals surface area contributed by atoms with Crippen LogP contribution in [-0.2, 0) is 6.54 Å². The molecule has 0 bridgehead atoms. The topological polar surface area (TPSA) is 78.8 Å². The minimum Gasteiger partial charge on any atom is -0.340 e. The zero-order valence-electron chi connectivity index (χ0n) is 13.7. The van der Waals surface area contributed by atoms with Gasteiger partial charge in [0.2, 0.25) is 0 Å². The monoisotopic (exact) mass is 346 g/mol. The lowest BCUT2D eigenvalue weighted by Gasteiger charge is -2.18. The molecule has 0 saturated heterocycles. The van der Waals surface area contributed by atoms with Gasteiger partial charge in [0.05, 0.1) is 23.8 Å². The van der Waals surface area contributed by atoms with Gasteiger partial charge in [-0.25, -0.2) is 14.5 Å². The van der Waals surface area contributed by atoms with Crippen molar-refractivity contribution in [3.05, 3.63) is 41.3 Å². The second kappa shape index (κ2) is 6.52. The van der Waals surface area contributed by atoms with E-state index in [1.54, 1.807) is 35.0 Å². The highest BCUT2D eigenvalue weighted by molar-refractivity contribution is 6.31. The van der Waals surface area contributed by atoms with Gasteiger partial charge in [0.15, 0.2) is 0 Å². The van der Waals surface area contributed by atoms with E-state index in [1.165, 1.54) is 0 Å². The lowest BCUT2D eigenvalue weighted by molar-refractivity contribution is 0.219. The maximum absolute atomic E-state index is 12.4. The molecule has 0 radical (unpaired) electrons. The fraction of sp³-hybridized carbons (Fsp3) is 0.312. The van der Waals surface area contributed by atoms with Crippen molar-refractivity contribution in [2.75, 3.05) is 12.4 Å². The summed E-state index contributed by atoms with van der Waals surface area (Å²) in [6.45, 7) is 4.37. The summed E-state index contributed by atoms with van der Waals surface area (Å²) >= 11 is 5.97. The van der Waals surface area contributed by atoms with Crippen LogP contribution in [0.2, 0.25) is 5.02 Å². The Kier molecular flexibility index (Phi) is 4.44. The van der Waals surface area contributed by atoms with Crippen molar-refractivity contribution in [2.24, 2.45) is 0 Å². The summed E-state index contributed by atoms with van der Waals surface area (Å²) in [4.78, 5) is 21.6. The van der Waals surface area contributed by atoms with Crippen molar-refractivity contribution >= 4 is 34.5 Å². The summed E-state index contributed by atoms with van der Waals surface area (Å²) < 4.78 is 1.76. The smallest absolute Gasteiger partial charge is 0.323 e. The van der Waals surface area contributed by atoms with E-state index in [0.717, 1.165) is 11.0 Å². The molecule has 0 saturated carbocycles. The number of rotatable bonds is 4. The average Bonchev–Trinajstić information content (AvgIpc) is 3.12. The number of aromatic amines is 1. The Hall–Kier alpha value is -2.54. The van der Waals surface area contributed by atoms with Crippen LogP contribution in [0.5, 0.6) is 0 Å². The Balaban J connectivity index is 1.70. The van der Waals surface area contributed by atoms with E-state index < -0.39 is 0 Å². The summed E-state index contributed by atoms with van der Waals surface area (Å²) in [6, 6.07) is 7.16. The maximum atomic E-state index is 12.4. The Morgan fingerprint density at radius 2 is 2.21 bits per heavy atom. The van der Waals surface area contributed by atoms with E-state index in [1.807, 2.05) is 26.0 Å². The van der Waals surface area contributed by atoms with Gasteiger partial charge in [0.1, 0.15) is 11.6 Å². The number of benzene rings is 1. The number of carbonyl (C=O) groups is 1. The molecule has 2 heterocycles. The molecule has 2 aromatic heterocycles. The lowest BCUT2D eigenvalue weighted by Crippen LogP contribution is -2.32. The SMILES string of the molecule is CC(C)n1nccc1NC(=O)N(C)Cc1nc2ccc(Cl)cc2[nH]1. The highest BCUT2D eigenvalue weighted by Crippen LogP contribution is 2.18. The standard InChI is InChI=1S/C16H19ClN6O/c1-10(2)23-15(6-7-18-23)21-16(24)22(3)9-14-19-12-5-4-11(17)8-13(12)20-14/h4-8,10H,9H2,1-3H3,(H,19,20)(H,21,24). The molecule has 0 aliphatic rings. The van der Waals surface area contributed by atoms with E-state index in [2.05, 4.69) is 20.4 Å². The van der Waals surface area contributed by atoms with Crippen molar-refractivity contribution in [1.82, 2.24) is 24.6 Å². The summed E-state index contributed by atoms with van der Waals surface area (Å²) in [7, 11) is 1.71. The molecule has 2 amide bonds. The third-order valence-corrected chi connectivity index (χ3v) is 3.86. The lowest BCUT2D eigenvalue weighted by atomic mass is 10.3. The first-order chi connectivity index (χ1) is 11.4. The second-order valence-corrected chi connectivity index (χ2v) is 6.32. The quantitative estimate of drug-likeness (QED) is 0.756. The number of carbonyl (C=O) groups excluding carboxylic acids is 1. The van der Waals surface area contributed by atoms with Gasteiger partial charge < -0.3 is 9.88 Å². The number of anilines is 1. The molecular weight excluding hydrogens is 328 g/mol. The first kappa shape index (κ1) is 16.3. The number of aromatic nitrogens is 4. The van der Waals surface area contributed by atoms with Gasteiger partial charge in [-0.05, 0) is 32.0 Å². The number of hydrogen-bond acceptors (Lipinski definition) is 3. The fourth-order valence-corrected chi connectivity index (χ4v) is 2.61. The maximum Gasteiger partial charge on any atom is 0.323 e. The normalized spacial score (nSPS) is 11.2. The van der Waals surface area contributed by atoms with Crippen molar-refractivity contribution in [3.63, 3.8) is 0 Å². The Labute approximate surface area is 144 Å².